The third-order valence-corrected chi connectivity index (χ3v) is 6.27. The molecule has 0 atom stereocenters. The van der Waals surface area contributed by atoms with Crippen molar-refractivity contribution in [1.29, 1.82) is 0 Å². The van der Waals surface area contributed by atoms with E-state index in [1.54, 1.807) is 36.8 Å². The summed E-state index contributed by atoms with van der Waals surface area (Å²) in [6.45, 7) is -0.810. The number of ketones is 1. The van der Waals surface area contributed by atoms with Gasteiger partial charge in [0.05, 0.1) is 48.7 Å². The van der Waals surface area contributed by atoms with Gasteiger partial charge in [-0.05, 0) is 31.0 Å². The van der Waals surface area contributed by atoms with Crippen LogP contribution in [0.25, 0.3) is 10.9 Å². The Kier molecular flexibility index (Phi) is 8.27. The molecule has 2 aromatic carbocycles. The van der Waals surface area contributed by atoms with Gasteiger partial charge in [0.2, 0.25) is 5.91 Å². The molecule has 0 aliphatic carbocycles. The standard InChI is InChI=1S/C26H26ClN5O6/c1-37-22-11-23(38-2)20(10-19(22)27)30-24(34)14-31-21-9-4-3-8-18(21)25(35)32(26(31)36)13-17(33)7-5-6-16-12-28-15-29-16/h3-4,8-12,15H,5-7,13-14H2,1-2H3,(H,28,29)(H,30,34). The number of methoxy groups -OCH3 is 2. The Morgan fingerprint density at radius 3 is 2.53 bits per heavy atom. The van der Waals surface area contributed by atoms with Crippen molar-refractivity contribution in [2.45, 2.75) is 32.4 Å². The van der Waals surface area contributed by atoms with Gasteiger partial charge in [0.25, 0.3) is 5.56 Å². The lowest BCUT2D eigenvalue weighted by atomic mass is 10.1. The minimum absolute atomic E-state index is 0.177. The van der Waals surface area contributed by atoms with Crippen LogP contribution in [0, 0.1) is 0 Å². The first-order valence-electron chi connectivity index (χ1n) is 11.7. The van der Waals surface area contributed by atoms with Crippen molar-refractivity contribution in [1.82, 2.24) is 19.1 Å². The summed E-state index contributed by atoms with van der Waals surface area (Å²) in [6.07, 6.45) is 4.56. The average molecular weight is 540 g/mol. The molecule has 12 heteroatoms. The van der Waals surface area contributed by atoms with Gasteiger partial charge in [0, 0.05) is 24.4 Å². The van der Waals surface area contributed by atoms with Gasteiger partial charge in [-0.25, -0.2) is 9.78 Å². The van der Waals surface area contributed by atoms with E-state index in [-0.39, 0.29) is 33.8 Å². The molecular formula is C26H26ClN5O6. The van der Waals surface area contributed by atoms with Crippen LogP contribution in [0.5, 0.6) is 11.5 Å². The number of hydrogen-bond donors (Lipinski definition) is 2. The first-order chi connectivity index (χ1) is 18.3. The molecule has 4 rings (SSSR count). The van der Waals surface area contributed by atoms with Crippen molar-refractivity contribution < 1.29 is 19.1 Å². The molecule has 2 aromatic heterocycles. The Balaban J connectivity index is 1.59. The number of aromatic nitrogens is 4. The van der Waals surface area contributed by atoms with Gasteiger partial charge in [-0.15, -0.1) is 0 Å². The SMILES string of the molecule is COc1cc(OC)c(NC(=O)Cn2c(=O)n(CC(=O)CCCc3cnc[nH]3)c(=O)c3ccccc32)cc1Cl. The van der Waals surface area contributed by atoms with E-state index >= 15 is 0 Å². The summed E-state index contributed by atoms with van der Waals surface area (Å²) >= 11 is 6.20. The molecule has 0 fully saturated rings. The quantitative estimate of drug-likeness (QED) is 0.299. The van der Waals surface area contributed by atoms with Crippen LogP contribution >= 0.6 is 11.6 Å². The van der Waals surface area contributed by atoms with E-state index in [0.717, 1.165) is 10.3 Å². The predicted octanol–water partition coefficient (Wildman–Crippen LogP) is 2.79. The van der Waals surface area contributed by atoms with Gasteiger partial charge in [0.15, 0.2) is 5.78 Å². The number of nitrogens with one attached hydrogen (secondary N) is 2. The van der Waals surface area contributed by atoms with E-state index in [2.05, 4.69) is 15.3 Å². The van der Waals surface area contributed by atoms with Crippen LogP contribution in [-0.2, 0) is 29.1 Å². The van der Waals surface area contributed by atoms with Crippen LogP contribution in [0.2, 0.25) is 5.02 Å². The molecule has 0 aliphatic heterocycles. The zero-order valence-corrected chi connectivity index (χ0v) is 21.6. The second-order valence-electron chi connectivity index (χ2n) is 8.48. The van der Waals surface area contributed by atoms with Crippen molar-refractivity contribution in [2.75, 3.05) is 19.5 Å². The number of nitrogens with zero attached hydrogens (tertiary/aromatic N) is 3. The fourth-order valence-electron chi connectivity index (χ4n) is 4.11. The summed E-state index contributed by atoms with van der Waals surface area (Å²) < 4.78 is 12.5. The number of hydrogen-bond acceptors (Lipinski definition) is 7. The molecule has 198 valence electrons. The average Bonchev–Trinajstić information content (AvgIpc) is 3.43. The number of benzene rings is 2. The predicted molar refractivity (Wildman–Crippen MR) is 142 cm³/mol. The minimum atomic E-state index is -0.759. The van der Waals surface area contributed by atoms with Gasteiger partial charge in [0.1, 0.15) is 18.0 Å². The zero-order chi connectivity index (χ0) is 27.2. The maximum Gasteiger partial charge on any atom is 0.332 e. The number of ether oxygens (including phenoxy) is 2. The van der Waals surface area contributed by atoms with Gasteiger partial charge < -0.3 is 19.8 Å². The summed E-state index contributed by atoms with van der Waals surface area (Å²) in [6, 6.07) is 9.44. The van der Waals surface area contributed by atoms with E-state index < -0.39 is 30.2 Å². The van der Waals surface area contributed by atoms with Crippen LogP contribution in [0.15, 0.2) is 58.5 Å². The number of halogens is 1. The number of aromatic amines is 1. The Morgan fingerprint density at radius 2 is 1.82 bits per heavy atom. The first-order valence-corrected chi connectivity index (χ1v) is 12.1. The monoisotopic (exact) mass is 539 g/mol. The highest BCUT2D eigenvalue weighted by Gasteiger charge is 2.19. The molecule has 11 nitrogen and oxygen atoms in total. The Hall–Kier alpha value is -4.38. The molecule has 0 radical (unpaired) electrons. The van der Waals surface area contributed by atoms with Crippen LogP contribution in [-0.4, -0.2) is 45.0 Å². The molecule has 2 heterocycles. The van der Waals surface area contributed by atoms with Crippen LogP contribution < -0.4 is 26.0 Å². The highest BCUT2D eigenvalue weighted by atomic mass is 35.5. The van der Waals surface area contributed by atoms with Crippen LogP contribution in [0.3, 0.4) is 0 Å². The fraction of sp³-hybridized carbons (Fsp3) is 0.269. The summed E-state index contributed by atoms with van der Waals surface area (Å²) in [5, 5.41) is 3.16. The van der Waals surface area contributed by atoms with Crippen molar-refractivity contribution >= 4 is 39.9 Å². The van der Waals surface area contributed by atoms with Crippen molar-refractivity contribution in [3.8, 4) is 11.5 Å². The molecule has 0 bridgehead atoms. The number of amides is 1. The first kappa shape index (κ1) is 26.7. The maximum atomic E-state index is 13.4. The number of aryl methyl sites for hydroxylation is 1. The third kappa shape index (κ3) is 5.78. The smallest absolute Gasteiger partial charge is 0.332 e. The molecule has 38 heavy (non-hydrogen) atoms. The number of carbonyl (C=O) groups excluding carboxylic acids is 2. The van der Waals surface area contributed by atoms with Gasteiger partial charge >= 0.3 is 5.69 Å². The summed E-state index contributed by atoms with van der Waals surface area (Å²) in [7, 11) is 2.88. The van der Waals surface area contributed by atoms with E-state index in [1.165, 1.54) is 30.9 Å². The van der Waals surface area contributed by atoms with Gasteiger partial charge in [-0.2, -0.15) is 0 Å². The van der Waals surface area contributed by atoms with E-state index in [4.69, 9.17) is 21.1 Å². The minimum Gasteiger partial charge on any atom is -0.495 e. The molecule has 0 spiro atoms. The fourth-order valence-corrected chi connectivity index (χ4v) is 4.35. The molecular weight excluding hydrogens is 514 g/mol. The van der Waals surface area contributed by atoms with E-state index in [1.807, 2.05) is 0 Å². The number of para-hydroxylation sites is 1. The van der Waals surface area contributed by atoms with Gasteiger partial charge in [-0.3, -0.25) is 23.5 Å². The molecule has 2 N–H and O–H groups in total. The van der Waals surface area contributed by atoms with Crippen molar-refractivity contribution in [3.63, 3.8) is 0 Å². The second-order valence-corrected chi connectivity index (χ2v) is 8.89. The molecule has 0 aliphatic rings. The van der Waals surface area contributed by atoms with Crippen LogP contribution in [0.4, 0.5) is 5.69 Å². The van der Waals surface area contributed by atoms with Crippen molar-refractivity contribution in [2.24, 2.45) is 0 Å². The number of fused-ring (bicyclic) bond motifs is 1. The van der Waals surface area contributed by atoms with E-state index in [9.17, 15) is 19.2 Å². The van der Waals surface area contributed by atoms with Crippen LogP contribution in [0.1, 0.15) is 18.5 Å². The lowest BCUT2D eigenvalue weighted by Gasteiger charge is -2.16. The zero-order valence-electron chi connectivity index (χ0n) is 20.8. The number of anilines is 1. The number of imidazole rings is 1. The number of Topliss-reactive ketones (excluding diaryl/α,β-unsaturated/α-hetero) is 1. The largest absolute Gasteiger partial charge is 0.495 e. The second kappa shape index (κ2) is 11.8. The number of carbonyl (C=O) groups is 2. The Bertz CT molecular complexity index is 1590. The third-order valence-electron chi connectivity index (χ3n) is 5.97. The number of H-pyrrole nitrogens is 1. The summed E-state index contributed by atoms with van der Waals surface area (Å²) in [5.74, 6) is -0.159. The topological polar surface area (TPSA) is 137 Å². The molecule has 4 aromatic rings. The molecule has 0 saturated carbocycles. The number of rotatable bonds is 11. The molecule has 0 unspecified atom stereocenters. The lowest BCUT2D eigenvalue weighted by Crippen LogP contribution is -2.43. The molecule has 1 amide bonds. The van der Waals surface area contributed by atoms with Crippen molar-refractivity contribution in [3.05, 3.63) is 80.5 Å². The highest BCUT2D eigenvalue weighted by Crippen LogP contribution is 2.35. The lowest BCUT2D eigenvalue weighted by molar-refractivity contribution is -0.119. The molecule has 0 saturated heterocycles. The Labute approximate surface area is 222 Å². The van der Waals surface area contributed by atoms with Gasteiger partial charge in [-0.1, -0.05) is 23.7 Å². The summed E-state index contributed by atoms with van der Waals surface area (Å²) in [5.41, 5.74) is 0.101. The Morgan fingerprint density at radius 1 is 1.05 bits per heavy atom. The van der Waals surface area contributed by atoms with E-state index in [0.29, 0.717) is 24.3 Å². The summed E-state index contributed by atoms with van der Waals surface area (Å²) in [4.78, 5) is 59.1. The normalized spacial score (nSPS) is 10.9. The highest BCUT2D eigenvalue weighted by molar-refractivity contribution is 6.32. The maximum absolute atomic E-state index is 13.4.